The van der Waals surface area contributed by atoms with Crippen molar-refractivity contribution in [2.45, 2.75) is 6.54 Å². The first-order valence-corrected chi connectivity index (χ1v) is 5.95. The van der Waals surface area contributed by atoms with Gasteiger partial charge in [-0.2, -0.15) is 0 Å². The number of nitro groups is 1. The van der Waals surface area contributed by atoms with E-state index in [1.54, 1.807) is 12.1 Å². The topological polar surface area (TPSA) is 94.4 Å². The fraction of sp³-hybridized carbons (Fsp3) is 0.333. The number of nitro benzene ring substituents is 1. The molecule has 0 amide bonds. The van der Waals surface area contributed by atoms with E-state index in [1.807, 2.05) is 19.0 Å². The maximum Gasteiger partial charge on any atom is 0.441 e. The van der Waals surface area contributed by atoms with Gasteiger partial charge in [-0.25, -0.2) is 4.79 Å². The Hall–Kier alpha value is -2.48. The van der Waals surface area contributed by atoms with Crippen molar-refractivity contribution in [1.82, 2.24) is 14.6 Å². The molecular weight excluding hydrogens is 264 g/mol. The van der Waals surface area contributed by atoms with E-state index in [-0.39, 0.29) is 5.69 Å². The normalized spacial score (nSPS) is 10.9. The zero-order chi connectivity index (χ0) is 14.7. The minimum Gasteiger partial charge on any atom is -0.308 e. The second-order valence-corrected chi connectivity index (χ2v) is 4.53. The van der Waals surface area contributed by atoms with Gasteiger partial charge in [-0.3, -0.25) is 19.2 Å². The molecule has 8 nitrogen and oxygen atoms in total. The van der Waals surface area contributed by atoms with E-state index in [4.69, 9.17) is 0 Å². The molecular formula is C12H14N4O4. The molecule has 0 bridgehead atoms. The van der Waals surface area contributed by atoms with Crippen LogP contribution in [-0.4, -0.2) is 40.2 Å². The number of hydrogen-bond acceptors (Lipinski definition) is 6. The number of non-ortho nitro benzene ring substituents is 1. The number of benzene rings is 1. The second kappa shape index (κ2) is 5.66. The first-order valence-electron chi connectivity index (χ1n) is 5.95. The van der Waals surface area contributed by atoms with Gasteiger partial charge in [0.1, 0.15) is 0 Å². The monoisotopic (exact) mass is 278 g/mol. The zero-order valence-electron chi connectivity index (χ0n) is 11.1. The summed E-state index contributed by atoms with van der Waals surface area (Å²) in [6.07, 6.45) is 0. The molecule has 0 aliphatic rings. The van der Waals surface area contributed by atoms with E-state index in [0.717, 1.165) is 0 Å². The summed E-state index contributed by atoms with van der Waals surface area (Å²) in [4.78, 5) is 23.7. The Kier molecular flexibility index (Phi) is 3.94. The Balaban J connectivity index is 2.32. The number of aromatic nitrogens is 2. The molecule has 2 aromatic rings. The first kappa shape index (κ1) is 13.9. The highest BCUT2D eigenvalue weighted by atomic mass is 16.6. The fourth-order valence-electron chi connectivity index (χ4n) is 1.71. The predicted molar refractivity (Wildman–Crippen MR) is 71.4 cm³/mol. The SMILES string of the molecule is CN(C)CCn1c(-c2ccc([N+](=O)[O-])cc2)noc1=O. The van der Waals surface area contributed by atoms with Gasteiger partial charge in [0.2, 0.25) is 0 Å². The molecule has 1 heterocycles. The van der Waals surface area contributed by atoms with Gasteiger partial charge in [0.25, 0.3) is 5.69 Å². The smallest absolute Gasteiger partial charge is 0.308 e. The summed E-state index contributed by atoms with van der Waals surface area (Å²) >= 11 is 0. The molecule has 0 aliphatic carbocycles. The Morgan fingerprint density at radius 2 is 2.00 bits per heavy atom. The highest BCUT2D eigenvalue weighted by Gasteiger charge is 2.14. The Bertz CT molecular complexity index is 657. The van der Waals surface area contributed by atoms with E-state index in [9.17, 15) is 14.9 Å². The molecule has 2 rings (SSSR count). The van der Waals surface area contributed by atoms with Crippen LogP contribution in [0.5, 0.6) is 0 Å². The predicted octanol–water partition coefficient (Wildman–Crippen LogP) is 0.973. The third kappa shape index (κ3) is 2.91. The number of nitrogens with zero attached hydrogens (tertiary/aromatic N) is 4. The van der Waals surface area contributed by atoms with Gasteiger partial charge in [0, 0.05) is 30.8 Å². The molecule has 1 aromatic heterocycles. The molecule has 0 unspecified atom stereocenters. The lowest BCUT2D eigenvalue weighted by molar-refractivity contribution is -0.384. The van der Waals surface area contributed by atoms with Crippen LogP contribution in [-0.2, 0) is 6.54 Å². The minimum atomic E-state index is -0.541. The summed E-state index contributed by atoms with van der Waals surface area (Å²) in [7, 11) is 3.79. The minimum absolute atomic E-state index is 0.0144. The summed E-state index contributed by atoms with van der Waals surface area (Å²) in [5, 5.41) is 14.3. The van der Waals surface area contributed by atoms with Crippen molar-refractivity contribution in [1.29, 1.82) is 0 Å². The molecule has 1 aromatic carbocycles. The number of rotatable bonds is 5. The second-order valence-electron chi connectivity index (χ2n) is 4.53. The molecule has 0 radical (unpaired) electrons. The quantitative estimate of drug-likeness (QED) is 0.597. The van der Waals surface area contributed by atoms with Gasteiger partial charge in [0.15, 0.2) is 5.82 Å². The van der Waals surface area contributed by atoms with Gasteiger partial charge in [-0.15, -0.1) is 0 Å². The Morgan fingerprint density at radius 1 is 1.35 bits per heavy atom. The van der Waals surface area contributed by atoms with Crippen LogP contribution in [0.2, 0.25) is 0 Å². The van der Waals surface area contributed by atoms with Crippen LogP contribution in [0.3, 0.4) is 0 Å². The summed E-state index contributed by atoms with van der Waals surface area (Å²) in [6, 6.07) is 5.82. The van der Waals surface area contributed by atoms with Crippen LogP contribution in [0, 0.1) is 10.1 Å². The highest BCUT2D eigenvalue weighted by Crippen LogP contribution is 2.19. The zero-order valence-corrected chi connectivity index (χ0v) is 11.1. The van der Waals surface area contributed by atoms with Gasteiger partial charge < -0.3 is 4.90 Å². The highest BCUT2D eigenvalue weighted by molar-refractivity contribution is 5.57. The average Bonchev–Trinajstić information content (AvgIpc) is 2.77. The molecule has 0 N–H and O–H groups in total. The summed E-state index contributed by atoms with van der Waals surface area (Å²) in [6.45, 7) is 1.09. The lowest BCUT2D eigenvalue weighted by Gasteiger charge is -2.10. The Labute approximate surface area is 114 Å². The maximum absolute atomic E-state index is 11.6. The number of likely N-dealkylation sites (N-methyl/N-ethyl adjacent to an activating group) is 1. The molecule has 0 saturated heterocycles. The largest absolute Gasteiger partial charge is 0.441 e. The molecule has 0 aliphatic heterocycles. The van der Waals surface area contributed by atoms with Crippen molar-refractivity contribution in [2.24, 2.45) is 0 Å². The van der Waals surface area contributed by atoms with Crippen molar-refractivity contribution in [3.05, 3.63) is 44.9 Å². The third-order valence-corrected chi connectivity index (χ3v) is 2.79. The van der Waals surface area contributed by atoms with E-state index in [2.05, 4.69) is 9.68 Å². The van der Waals surface area contributed by atoms with Gasteiger partial charge in [-0.05, 0) is 26.2 Å². The molecule has 0 atom stereocenters. The van der Waals surface area contributed by atoms with Crippen molar-refractivity contribution in [2.75, 3.05) is 20.6 Å². The fourth-order valence-corrected chi connectivity index (χ4v) is 1.71. The summed E-state index contributed by atoms with van der Waals surface area (Å²) in [5.41, 5.74) is 0.583. The van der Waals surface area contributed by atoms with Crippen LogP contribution in [0.1, 0.15) is 0 Å². The summed E-state index contributed by atoms with van der Waals surface area (Å²) in [5.74, 6) is -0.174. The van der Waals surface area contributed by atoms with E-state index in [0.29, 0.717) is 24.5 Å². The van der Waals surface area contributed by atoms with Gasteiger partial charge in [0.05, 0.1) is 4.92 Å². The third-order valence-electron chi connectivity index (χ3n) is 2.79. The number of hydrogen-bond donors (Lipinski definition) is 0. The maximum atomic E-state index is 11.6. The van der Waals surface area contributed by atoms with Gasteiger partial charge >= 0.3 is 5.76 Å². The summed E-state index contributed by atoms with van der Waals surface area (Å²) < 4.78 is 6.07. The van der Waals surface area contributed by atoms with Crippen molar-refractivity contribution in [3.8, 4) is 11.4 Å². The Morgan fingerprint density at radius 3 is 2.55 bits per heavy atom. The van der Waals surface area contributed by atoms with Crippen LogP contribution in [0.15, 0.2) is 33.6 Å². The standard InChI is InChI=1S/C12H14N4O4/c1-14(2)7-8-15-11(13-20-12(15)17)9-3-5-10(6-4-9)16(18)19/h3-6H,7-8H2,1-2H3. The van der Waals surface area contributed by atoms with Crippen LogP contribution in [0.25, 0.3) is 11.4 Å². The average molecular weight is 278 g/mol. The van der Waals surface area contributed by atoms with Gasteiger partial charge in [-0.1, -0.05) is 5.16 Å². The molecule has 106 valence electrons. The molecule has 0 spiro atoms. The van der Waals surface area contributed by atoms with Crippen LogP contribution < -0.4 is 5.76 Å². The van der Waals surface area contributed by atoms with E-state index in [1.165, 1.54) is 16.7 Å². The van der Waals surface area contributed by atoms with Crippen molar-refractivity contribution in [3.63, 3.8) is 0 Å². The lowest BCUT2D eigenvalue weighted by atomic mass is 10.2. The van der Waals surface area contributed by atoms with Crippen molar-refractivity contribution >= 4 is 5.69 Å². The van der Waals surface area contributed by atoms with Crippen molar-refractivity contribution < 1.29 is 9.45 Å². The molecule has 0 fully saturated rings. The lowest BCUT2D eigenvalue weighted by Crippen LogP contribution is -2.24. The molecule has 20 heavy (non-hydrogen) atoms. The molecule has 8 heteroatoms. The van der Waals surface area contributed by atoms with E-state index < -0.39 is 10.7 Å². The van der Waals surface area contributed by atoms with E-state index >= 15 is 0 Å². The molecule has 0 saturated carbocycles. The van der Waals surface area contributed by atoms with Crippen LogP contribution >= 0.6 is 0 Å². The first-order chi connectivity index (χ1) is 9.49. The van der Waals surface area contributed by atoms with Crippen LogP contribution in [0.4, 0.5) is 5.69 Å².